The Kier molecular flexibility index (Phi) is 24.8. The van der Waals surface area contributed by atoms with Crippen LogP contribution in [-0.2, 0) is 23.2 Å². The predicted molar refractivity (Wildman–Crippen MR) is 404 cm³/mol. The van der Waals surface area contributed by atoms with E-state index in [1.54, 1.807) is 34.0 Å². The van der Waals surface area contributed by atoms with E-state index in [2.05, 4.69) is 89.9 Å². The number of likely N-dealkylation sites (N-methyl/N-ethyl adjacent to an activating group) is 3. The van der Waals surface area contributed by atoms with Crippen molar-refractivity contribution in [2.45, 2.75) is 61.6 Å². The summed E-state index contributed by atoms with van der Waals surface area (Å²) in [6.07, 6.45) is 1.14. The molecule has 0 saturated carbocycles. The molecule has 14 nitrogen and oxygen atoms in total. The largest absolute Gasteiger partial charge is 0.392 e. The molecule has 0 saturated heterocycles. The van der Waals surface area contributed by atoms with Crippen LogP contribution >= 0.6 is 45.3 Å². The fraction of sp³-hybridized carbons (Fsp3) is 0.297. The highest BCUT2D eigenvalue weighted by molar-refractivity contribution is 7.88. The summed E-state index contributed by atoms with van der Waals surface area (Å²) < 4.78 is 33.5. The van der Waals surface area contributed by atoms with Gasteiger partial charge in [-0.1, -0.05) is 120 Å². The summed E-state index contributed by atoms with van der Waals surface area (Å²) in [6, 6.07) is 50.4. The van der Waals surface area contributed by atoms with Crippen molar-refractivity contribution in [3.63, 3.8) is 0 Å². The number of aliphatic hydroxyl groups is 1. The minimum Gasteiger partial charge on any atom is -0.392 e. The second-order valence-electron chi connectivity index (χ2n) is 22.4. The minimum absolute atomic E-state index is 0.0269. The Morgan fingerprint density at radius 3 is 1.04 bits per heavy atom. The van der Waals surface area contributed by atoms with Gasteiger partial charge in [0.2, 0.25) is 10.0 Å². The predicted octanol–water partition coefficient (Wildman–Crippen LogP) is 14.8. The van der Waals surface area contributed by atoms with E-state index in [-0.39, 0.29) is 34.9 Å². The molecule has 4 aromatic heterocycles. The van der Waals surface area contributed by atoms with Gasteiger partial charge >= 0.3 is 0 Å². The topological polar surface area (TPSA) is 180 Å². The van der Waals surface area contributed by atoms with Crippen LogP contribution in [0.4, 0.5) is 17.1 Å². The van der Waals surface area contributed by atoms with E-state index >= 15 is 0 Å². The third-order valence-electron chi connectivity index (χ3n) is 16.6. The van der Waals surface area contributed by atoms with E-state index in [1.165, 1.54) is 11.3 Å². The second-order valence-corrected chi connectivity index (χ2v) is 28.5. The number of nitrogens with one attached hydrogen (secondary N) is 4. The molecule has 0 fully saturated rings. The first-order valence-corrected chi connectivity index (χ1v) is 36.9. The number of hydrogen-bond acceptors (Lipinski definition) is 17. The van der Waals surface area contributed by atoms with Crippen LogP contribution in [0.15, 0.2) is 177 Å². The van der Waals surface area contributed by atoms with E-state index in [4.69, 9.17) is 0 Å². The highest BCUT2D eigenvalue weighted by Crippen LogP contribution is 2.35. The van der Waals surface area contributed by atoms with Crippen molar-refractivity contribution in [2.75, 3.05) is 101 Å². The molecule has 4 heterocycles. The zero-order chi connectivity index (χ0) is 66.2. The smallest absolute Gasteiger partial charge is 0.209 e. The Morgan fingerprint density at radius 1 is 0.387 bits per heavy atom. The molecule has 0 amide bonds. The van der Waals surface area contributed by atoms with Gasteiger partial charge in [0.25, 0.3) is 0 Å². The Balaban J connectivity index is 0.000000149. The molecule has 486 valence electrons. The van der Waals surface area contributed by atoms with Crippen LogP contribution in [0, 0.1) is 6.92 Å². The number of rotatable bonds is 22. The first-order valence-electron chi connectivity index (χ1n) is 31.8. The van der Waals surface area contributed by atoms with Gasteiger partial charge in [-0.3, -0.25) is 19.2 Å². The van der Waals surface area contributed by atoms with Gasteiger partial charge in [-0.05, 0) is 142 Å². The van der Waals surface area contributed by atoms with Crippen LogP contribution in [0.5, 0.6) is 0 Å². The fourth-order valence-corrected chi connectivity index (χ4v) is 16.4. The zero-order valence-corrected chi connectivity index (χ0v) is 58.3. The van der Waals surface area contributed by atoms with Crippen molar-refractivity contribution in [1.29, 1.82) is 0 Å². The lowest BCUT2D eigenvalue weighted by Crippen LogP contribution is -2.28. The molecule has 12 aromatic rings. The monoisotopic (exact) mass is 1340 g/mol. The molecule has 0 aliphatic rings. The molecular weight excluding hydrogens is 1260 g/mol. The summed E-state index contributed by atoms with van der Waals surface area (Å²) in [5.74, 6) is 0. The molecule has 0 aliphatic heterocycles. The molecule has 19 heteroatoms. The summed E-state index contributed by atoms with van der Waals surface area (Å²) in [6.45, 7) is 26.3. The molecule has 93 heavy (non-hydrogen) atoms. The summed E-state index contributed by atoms with van der Waals surface area (Å²) in [5.41, 5.74) is 5.64. The van der Waals surface area contributed by atoms with Crippen molar-refractivity contribution in [3.05, 3.63) is 215 Å². The first-order chi connectivity index (χ1) is 45.0. The third-order valence-corrected chi connectivity index (χ3v) is 22.3. The van der Waals surface area contributed by atoms with Crippen molar-refractivity contribution in [1.82, 2.24) is 19.4 Å². The van der Waals surface area contributed by atoms with Crippen LogP contribution in [0.3, 0.4) is 0 Å². The van der Waals surface area contributed by atoms with Crippen molar-refractivity contribution in [2.24, 2.45) is 0 Å². The number of anilines is 3. The number of benzene rings is 8. The molecule has 0 unspecified atom stereocenters. The van der Waals surface area contributed by atoms with Crippen molar-refractivity contribution >= 4 is 153 Å². The number of hydrogen-bond donors (Lipinski definition) is 5. The summed E-state index contributed by atoms with van der Waals surface area (Å²) in [7, 11) is -3.33. The van der Waals surface area contributed by atoms with Gasteiger partial charge in [0.15, 0.2) is 21.7 Å². The van der Waals surface area contributed by atoms with Crippen LogP contribution in [0.1, 0.15) is 58.2 Å². The third kappa shape index (κ3) is 16.9. The van der Waals surface area contributed by atoms with Crippen molar-refractivity contribution in [3.8, 4) is 0 Å². The quantitative estimate of drug-likeness (QED) is 0.0405. The number of aryl methyl sites for hydroxylation is 1. The lowest BCUT2D eigenvalue weighted by molar-refractivity contribution is 0.283. The van der Waals surface area contributed by atoms with E-state index in [9.17, 15) is 32.7 Å². The lowest BCUT2D eigenvalue weighted by atomic mass is 10.1. The molecule has 0 aliphatic carbocycles. The standard InChI is InChI=1S/C21H27N3O3S2.C20H24N2O2S.C20H24N2OS.C13H8OS/c1-4-24(5-2)13-12-22-17-11-10-15(14-23-29(3,26)27)21-19(17)20(25)16-8-6-7-9-18(16)28-21;1-3-22(4-2)12-11-21-16-10-9-14(13-23)20-18(16)19(24)15-7-5-6-8-17(15)25-20;1-4-22(5-2)13-12-21-16-11-10-14(3)20-18(16)19(23)15-8-6-7-9-17(15)24-20;14-13-9-5-1-3-7-11(9)15-12-8-4-2-6-10(12)13/h6-11,22-23H,4-5,12-14H2,1-3H3;5-10,21,23H,3-4,11-13H2,1-2H3;6-11,21H,4-5,12-13H2,1-3H3;1-8H. The van der Waals surface area contributed by atoms with Gasteiger partial charge in [-0.15, -0.1) is 45.3 Å². The number of fused-ring (bicyclic) bond motifs is 8. The van der Waals surface area contributed by atoms with E-state index in [0.717, 1.165) is 183 Å². The average molecular weight is 1340 g/mol. The van der Waals surface area contributed by atoms with Gasteiger partial charge in [-0.2, -0.15) is 0 Å². The van der Waals surface area contributed by atoms with Crippen LogP contribution in [0.2, 0.25) is 0 Å². The summed E-state index contributed by atoms with van der Waals surface area (Å²) in [4.78, 5) is 58.5. The Bertz CT molecular complexity index is 4890. The van der Waals surface area contributed by atoms with E-state index < -0.39 is 10.0 Å². The van der Waals surface area contributed by atoms with Gasteiger partial charge in [0, 0.05) is 127 Å². The van der Waals surface area contributed by atoms with E-state index in [0.29, 0.717) is 16.2 Å². The SMILES string of the molecule is CCN(CC)CCNc1ccc(C)c2sc3ccccc3c(=O)c12.CCN(CC)CCNc1ccc(CNS(C)(=O)=O)c2sc3ccccc3c(=O)c12.CCN(CC)CCNc1ccc(CO)c2sc3ccccc3c(=O)c12.O=c1c2ccccc2sc2ccccc12. The molecule has 0 spiro atoms. The molecule has 5 N–H and O–H groups in total. The van der Waals surface area contributed by atoms with Crippen molar-refractivity contribution < 1.29 is 13.5 Å². The molecular formula is C74H83N7O7S5. The van der Waals surface area contributed by atoms with Crippen LogP contribution in [0.25, 0.3) is 80.7 Å². The molecule has 0 radical (unpaired) electrons. The Hall–Kier alpha value is -7.53. The highest BCUT2D eigenvalue weighted by Gasteiger charge is 2.18. The van der Waals surface area contributed by atoms with Crippen LogP contribution < -0.4 is 42.4 Å². The molecule has 0 bridgehead atoms. The Labute approximate surface area is 559 Å². The second kappa shape index (κ2) is 33.0. The first kappa shape index (κ1) is 69.8. The Morgan fingerprint density at radius 2 is 0.688 bits per heavy atom. The van der Waals surface area contributed by atoms with Gasteiger partial charge < -0.3 is 35.8 Å². The van der Waals surface area contributed by atoms with Gasteiger partial charge in [0.1, 0.15) is 0 Å². The normalized spacial score (nSPS) is 11.6. The zero-order valence-electron chi connectivity index (χ0n) is 54.2. The summed E-state index contributed by atoms with van der Waals surface area (Å²) >= 11 is 6.46. The van der Waals surface area contributed by atoms with E-state index in [1.807, 2.05) is 152 Å². The maximum atomic E-state index is 13.3. The lowest BCUT2D eigenvalue weighted by Gasteiger charge is -2.19. The summed E-state index contributed by atoms with van der Waals surface area (Å²) in [5, 5.41) is 26.0. The maximum Gasteiger partial charge on any atom is 0.209 e. The molecule has 0 atom stereocenters. The van der Waals surface area contributed by atoms with Gasteiger partial charge in [-0.25, -0.2) is 13.1 Å². The molecule has 12 rings (SSSR count). The number of nitrogens with zero attached hydrogens (tertiary/aromatic N) is 3. The average Bonchev–Trinajstić information content (AvgIpc) is 0.793. The minimum atomic E-state index is -3.33. The van der Waals surface area contributed by atoms with Crippen LogP contribution in [-0.4, -0.2) is 113 Å². The number of sulfonamides is 1. The van der Waals surface area contributed by atoms with Gasteiger partial charge in [0.05, 0.1) is 29.0 Å². The highest BCUT2D eigenvalue weighted by atomic mass is 32.2. The molecule has 8 aromatic carbocycles. The maximum absolute atomic E-state index is 13.3. The fourth-order valence-electron chi connectivity index (χ4n) is 11.3. The number of aliphatic hydroxyl groups excluding tert-OH is 1.